The summed E-state index contributed by atoms with van der Waals surface area (Å²) in [5.41, 5.74) is 0.581. The molecule has 3 rings (SSSR count). The molecule has 0 atom stereocenters. The first-order valence-corrected chi connectivity index (χ1v) is 11.1. The number of nitrogens with zero attached hydrogens (tertiary/aromatic N) is 6. The fraction of sp³-hybridized carbons (Fsp3) is 0.571. The summed E-state index contributed by atoms with van der Waals surface area (Å²) < 4.78 is 56.6. The molecule has 1 aliphatic heterocycles. The first kappa shape index (κ1) is 19.0. The monoisotopic (exact) mass is 402 g/mol. The zero-order valence-electron chi connectivity index (χ0n) is 14.9. The highest BCUT2D eigenvalue weighted by Gasteiger charge is 2.35. The Balaban J connectivity index is 1.76. The number of aromatic nitrogens is 4. The lowest BCUT2D eigenvalue weighted by Crippen LogP contribution is -2.50. The predicted molar refractivity (Wildman–Crippen MR) is 93.4 cm³/mol. The van der Waals surface area contributed by atoms with E-state index in [1.807, 2.05) is 6.92 Å². The van der Waals surface area contributed by atoms with Gasteiger partial charge >= 0.3 is 0 Å². The fourth-order valence-electron chi connectivity index (χ4n) is 2.97. The third-order valence-corrected chi connectivity index (χ3v) is 8.35. The molecule has 0 N–H and O–H groups in total. The molecule has 144 valence electrons. The summed E-state index contributed by atoms with van der Waals surface area (Å²) in [6.45, 7) is 4.56. The van der Waals surface area contributed by atoms with Gasteiger partial charge in [0.25, 0.3) is 0 Å². The lowest BCUT2D eigenvalue weighted by molar-refractivity contribution is 0.272. The third kappa shape index (κ3) is 3.17. The minimum absolute atomic E-state index is 0.0947. The number of sulfonamides is 2. The van der Waals surface area contributed by atoms with Crippen molar-refractivity contribution in [2.24, 2.45) is 7.05 Å². The van der Waals surface area contributed by atoms with Crippen molar-refractivity contribution in [3.05, 3.63) is 24.3 Å². The topological polar surface area (TPSA) is 110 Å². The second-order valence-corrected chi connectivity index (χ2v) is 9.91. The molecule has 1 fully saturated rings. The van der Waals surface area contributed by atoms with E-state index in [1.165, 1.54) is 31.9 Å². The van der Waals surface area contributed by atoms with Gasteiger partial charge in [0.1, 0.15) is 9.79 Å². The molecule has 1 aliphatic rings. The molecule has 0 saturated carbocycles. The van der Waals surface area contributed by atoms with Crippen molar-refractivity contribution in [1.82, 2.24) is 28.2 Å². The van der Waals surface area contributed by atoms with Gasteiger partial charge < -0.3 is 0 Å². The summed E-state index contributed by atoms with van der Waals surface area (Å²) in [5, 5.41) is 7.97. The Morgan fingerprint density at radius 3 is 2.00 bits per heavy atom. The zero-order chi connectivity index (χ0) is 19.1. The number of aryl methyl sites for hydroxylation is 2. The Morgan fingerprint density at radius 1 is 0.962 bits per heavy atom. The summed E-state index contributed by atoms with van der Waals surface area (Å²) in [4.78, 5) is 0.277. The minimum Gasteiger partial charge on any atom is -0.274 e. The normalized spacial score (nSPS) is 17.7. The molecule has 0 aliphatic carbocycles. The van der Waals surface area contributed by atoms with Gasteiger partial charge in [-0.2, -0.15) is 18.8 Å². The molecule has 0 bridgehead atoms. The molecular formula is C14H22N6O4S2. The third-order valence-electron chi connectivity index (χ3n) is 4.49. The molecule has 0 spiro atoms. The van der Waals surface area contributed by atoms with E-state index in [0.717, 1.165) is 0 Å². The van der Waals surface area contributed by atoms with Crippen LogP contribution in [0.15, 0.2) is 28.4 Å². The lowest BCUT2D eigenvalue weighted by atomic mass is 10.4. The standard InChI is InChI=1S/C14H22N6O4S2/c1-4-20-12(2)14(10-16-20)26(23,24)19-7-5-18(6-8-19)25(21,22)13-9-15-17(3)11-13/h9-11H,4-8H2,1-3H3. The average Bonchev–Trinajstić information content (AvgIpc) is 3.21. The molecule has 2 aromatic rings. The number of rotatable bonds is 5. The SMILES string of the molecule is CCn1ncc(S(=O)(=O)N2CCN(S(=O)(=O)c3cnn(C)c3)CC2)c1C. The lowest BCUT2D eigenvalue weighted by Gasteiger charge is -2.32. The minimum atomic E-state index is -3.70. The van der Waals surface area contributed by atoms with Gasteiger partial charge in [-0.05, 0) is 13.8 Å². The molecule has 0 unspecified atom stereocenters. The summed E-state index contributed by atoms with van der Waals surface area (Å²) in [5.74, 6) is 0. The van der Waals surface area contributed by atoms with Crippen LogP contribution in [0.5, 0.6) is 0 Å². The molecule has 0 radical (unpaired) electrons. The van der Waals surface area contributed by atoms with Gasteiger partial charge in [-0.25, -0.2) is 16.8 Å². The fourth-order valence-corrected chi connectivity index (χ4v) is 5.96. The van der Waals surface area contributed by atoms with Crippen LogP contribution in [0, 0.1) is 6.92 Å². The van der Waals surface area contributed by atoms with Crippen molar-refractivity contribution in [2.75, 3.05) is 26.2 Å². The molecule has 0 amide bonds. The predicted octanol–water partition coefficient (Wildman–Crippen LogP) is -0.360. The van der Waals surface area contributed by atoms with Gasteiger partial charge in [0.05, 0.1) is 18.1 Å². The van der Waals surface area contributed by atoms with Crippen LogP contribution in [0.1, 0.15) is 12.6 Å². The molecule has 12 heteroatoms. The van der Waals surface area contributed by atoms with Crippen LogP contribution in [0.25, 0.3) is 0 Å². The Kier molecular flexibility index (Phi) is 4.94. The number of hydrogen-bond acceptors (Lipinski definition) is 6. The summed E-state index contributed by atoms with van der Waals surface area (Å²) >= 11 is 0. The Labute approximate surface area is 153 Å². The van der Waals surface area contributed by atoms with E-state index in [2.05, 4.69) is 10.2 Å². The molecule has 2 aromatic heterocycles. The van der Waals surface area contributed by atoms with E-state index in [-0.39, 0.29) is 36.0 Å². The van der Waals surface area contributed by atoms with Crippen LogP contribution >= 0.6 is 0 Å². The van der Waals surface area contributed by atoms with E-state index in [9.17, 15) is 16.8 Å². The van der Waals surface area contributed by atoms with E-state index in [4.69, 9.17) is 0 Å². The van der Waals surface area contributed by atoms with Crippen LogP contribution in [-0.4, -0.2) is 71.2 Å². The maximum Gasteiger partial charge on any atom is 0.246 e. The second-order valence-electron chi connectivity index (χ2n) is 6.07. The highest BCUT2D eigenvalue weighted by molar-refractivity contribution is 7.89. The van der Waals surface area contributed by atoms with E-state index >= 15 is 0 Å². The molecule has 26 heavy (non-hydrogen) atoms. The molecule has 3 heterocycles. The maximum atomic E-state index is 12.9. The van der Waals surface area contributed by atoms with E-state index < -0.39 is 20.0 Å². The summed E-state index contributed by atoms with van der Waals surface area (Å²) in [6, 6.07) is 0. The van der Waals surface area contributed by atoms with Gasteiger partial charge in [0.15, 0.2) is 0 Å². The summed E-state index contributed by atoms with van der Waals surface area (Å²) in [7, 11) is -5.73. The largest absolute Gasteiger partial charge is 0.274 e. The van der Waals surface area contributed by atoms with Crippen LogP contribution < -0.4 is 0 Å². The van der Waals surface area contributed by atoms with Gasteiger partial charge in [-0.3, -0.25) is 9.36 Å². The van der Waals surface area contributed by atoms with Crippen molar-refractivity contribution in [3.8, 4) is 0 Å². The Morgan fingerprint density at radius 2 is 1.54 bits per heavy atom. The summed E-state index contributed by atoms with van der Waals surface area (Å²) in [6.07, 6.45) is 4.08. The van der Waals surface area contributed by atoms with E-state index in [1.54, 1.807) is 18.7 Å². The first-order chi connectivity index (χ1) is 12.2. The van der Waals surface area contributed by atoms with Crippen LogP contribution in [0.2, 0.25) is 0 Å². The molecule has 1 saturated heterocycles. The molecule has 10 nitrogen and oxygen atoms in total. The van der Waals surface area contributed by atoms with Crippen molar-refractivity contribution in [1.29, 1.82) is 0 Å². The van der Waals surface area contributed by atoms with Crippen LogP contribution in [0.4, 0.5) is 0 Å². The van der Waals surface area contributed by atoms with Crippen molar-refractivity contribution in [3.63, 3.8) is 0 Å². The Bertz CT molecular complexity index is 1000. The quantitative estimate of drug-likeness (QED) is 0.675. The van der Waals surface area contributed by atoms with Gasteiger partial charge in [0.2, 0.25) is 20.0 Å². The molecular weight excluding hydrogens is 380 g/mol. The van der Waals surface area contributed by atoms with Crippen LogP contribution in [0.3, 0.4) is 0 Å². The molecule has 0 aromatic carbocycles. The van der Waals surface area contributed by atoms with Crippen LogP contribution in [-0.2, 0) is 33.6 Å². The van der Waals surface area contributed by atoms with Gasteiger partial charge in [-0.15, -0.1) is 0 Å². The van der Waals surface area contributed by atoms with Crippen molar-refractivity contribution in [2.45, 2.75) is 30.2 Å². The van der Waals surface area contributed by atoms with Gasteiger partial charge in [-0.1, -0.05) is 0 Å². The van der Waals surface area contributed by atoms with Crippen molar-refractivity contribution < 1.29 is 16.8 Å². The zero-order valence-corrected chi connectivity index (χ0v) is 16.5. The average molecular weight is 403 g/mol. The Hall–Kier alpha value is -1.76. The van der Waals surface area contributed by atoms with E-state index in [0.29, 0.717) is 12.2 Å². The van der Waals surface area contributed by atoms with Gasteiger partial charge in [0, 0.05) is 46.0 Å². The number of piperazine rings is 1. The first-order valence-electron chi connectivity index (χ1n) is 8.19. The second kappa shape index (κ2) is 6.76. The highest BCUT2D eigenvalue weighted by Crippen LogP contribution is 2.23. The maximum absolute atomic E-state index is 12.9. The number of hydrogen-bond donors (Lipinski definition) is 0. The smallest absolute Gasteiger partial charge is 0.246 e. The highest BCUT2D eigenvalue weighted by atomic mass is 32.2. The van der Waals surface area contributed by atoms with Crippen molar-refractivity contribution >= 4 is 20.0 Å².